The Morgan fingerprint density at radius 1 is 1.20 bits per heavy atom. The van der Waals surface area contributed by atoms with Crippen molar-refractivity contribution in [2.24, 2.45) is 0 Å². The summed E-state index contributed by atoms with van der Waals surface area (Å²) >= 11 is 0. The van der Waals surface area contributed by atoms with Crippen molar-refractivity contribution in [2.75, 3.05) is 44.7 Å². The van der Waals surface area contributed by atoms with Gasteiger partial charge in [0.2, 0.25) is 0 Å². The number of rotatable bonds is 6. The number of urea groups is 1. The van der Waals surface area contributed by atoms with E-state index in [2.05, 4.69) is 5.32 Å². The number of aliphatic hydroxyl groups excluding tert-OH is 2. The van der Waals surface area contributed by atoms with Crippen LogP contribution in [-0.2, 0) is 0 Å². The molecule has 1 aliphatic heterocycles. The van der Waals surface area contributed by atoms with Crippen molar-refractivity contribution in [3.05, 3.63) is 30.3 Å². The number of amides is 2. The molecule has 0 spiro atoms. The van der Waals surface area contributed by atoms with E-state index >= 15 is 0 Å². The predicted octanol–water partition coefficient (Wildman–Crippen LogP) is 0.189. The summed E-state index contributed by atoms with van der Waals surface area (Å²) in [5, 5.41) is 20.8. The van der Waals surface area contributed by atoms with E-state index in [0.717, 1.165) is 5.69 Å². The van der Waals surface area contributed by atoms with Crippen LogP contribution < -0.4 is 5.32 Å². The van der Waals surface area contributed by atoms with Gasteiger partial charge >= 0.3 is 6.03 Å². The maximum absolute atomic E-state index is 12.0. The molecule has 3 N–H and O–H groups in total. The molecule has 110 valence electrons. The zero-order valence-electron chi connectivity index (χ0n) is 11.4. The average molecular weight is 279 g/mol. The molecular weight excluding hydrogens is 258 g/mol. The highest BCUT2D eigenvalue weighted by atomic mass is 16.3. The van der Waals surface area contributed by atoms with Crippen LogP contribution in [0.1, 0.15) is 0 Å². The van der Waals surface area contributed by atoms with Crippen LogP contribution in [0.15, 0.2) is 30.3 Å². The molecule has 0 aromatic heterocycles. The lowest BCUT2D eigenvalue weighted by Gasteiger charge is -2.45. The molecule has 1 aromatic rings. The summed E-state index contributed by atoms with van der Waals surface area (Å²) in [5.74, 6) is 0. The van der Waals surface area contributed by atoms with Crippen molar-refractivity contribution >= 4 is 11.7 Å². The average Bonchev–Trinajstić information content (AvgIpc) is 2.38. The zero-order valence-corrected chi connectivity index (χ0v) is 11.4. The molecule has 20 heavy (non-hydrogen) atoms. The number of nitrogens with one attached hydrogen (secondary N) is 1. The minimum atomic E-state index is -0.111. The fourth-order valence-corrected chi connectivity index (χ4v) is 2.31. The van der Waals surface area contributed by atoms with E-state index in [-0.39, 0.29) is 25.3 Å². The lowest BCUT2D eigenvalue weighted by Crippen LogP contribution is -2.62. The normalized spacial score (nSPS) is 15.2. The molecule has 0 saturated carbocycles. The summed E-state index contributed by atoms with van der Waals surface area (Å²) in [7, 11) is 0. The van der Waals surface area contributed by atoms with Gasteiger partial charge in [-0.2, -0.15) is 0 Å². The molecule has 0 aliphatic carbocycles. The standard InChI is InChI=1S/C14H21N3O3/c18-8-6-16(7-9-19)13-10-17(11-13)14(20)15-12-4-2-1-3-5-12/h1-5,13,18-19H,6-11H2,(H,15,20). The van der Waals surface area contributed by atoms with Gasteiger partial charge in [0.05, 0.1) is 13.2 Å². The summed E-state index contributed by atoms with van der Waals surface area (Å²) in [6.07, 6.45) is 0. The minimum absolute atomic E-state index is 0.0622. The number of nitrogens with zero attached hydrogens (tertiary/aromatic N) is 2. The zero-order chi connectivity index (χ0) is 14.4. The first-order chi connectivity index (χ1) is 9.74. The largest absolute Gasteiger partial charge is 0.395 e. The van der Waals surface area contributed by atoms with Gasteiger partial charge in [-0.1, -0.05) is 18.2 Å². The minimum Gasteiger partial charge on any atom is -0.395 e. The highest BCUT2D eigenvalue weighted by molar-refractivity contribution is 5.89. The van der Waals surface area contributed by atoms with Crippen molar-refractivity contribution < 1.29 is 15.0 Å². The lowest BCUT2D eigenvalue weighted by atomic mass is 10.1. The van der Waals surface area contributed by atoms with Crippen LogP contribution >= 0.6 is 0 Å². The van der Waals surface area contributed by atoms with E-state index in [9.17, 15) is 4.79 Å². The Bertz CT molecular complexity index is 415. The van der Waals surface area contributed by atoms with Gasteiger partial charge in [-0.25, -0.2) is 4.79 Å². The molecule has 0 radical (unpaired) electrons. The van der Waals surface area contributed by atoms with E-state index in [1.807, 2.05) is 35.2 Å². The highest BCUT2D eigenvalue weighted by Crippen LogP contribution is 2.16. The molecule has 6 heteroatoms. The number of para-hydroxylation sites is 1. The van der Waals surface area contributed by atoms with Gasteiger partial charge in [0, 0.05) is 37.9 Å². The second-order valence-electron chi connectivity index (χ2n) is 4.84. The maximum Gasteiger partial charge on any atom is 0.321 e. The number of aliphatic hydroxyl groups is 2. The van der Waals surface area contributed by atoms with Gasteiger partial charge in [-0.15, -0.1) is 0 Å². The first-order valence-electron chi connectivity index (χ1n) is 6.81. The quantitative estimate of drug-likeness (QED) is 0.695. The molecule has 0 unspecified atom stereocenters. The van der Waals surface area contributed by atoms with Crippen LogP contribution in [-0.4, -0.2) is 71.5 Å². The van der Waals surface area contributed by atoms with Gasteiger partial charge in [0.25, 0.3) is 0 Å². The van der Waals surface area contributed by atoms with Crippen molar-refractivity contribution in [1.82, 2.24) is 9.80 Å². The molecule has 1 aromatic carbocycles. The summed E-state index contributed by atoms with van der Waals surface area (Å²) in [6, 6.07) is 9.45. The highest BCUT2D eigenvalue weighted by Gasteiger charge is 2.34. The fraction of sp³-hybridized carbons (Fsp3) is 0.500. The van der Waals surface area contributed by atoms with Crippen molar-refractivity contribution in [3.63, 3.8) is 0 Å². The van der Waals surface area contributed by atoms with E-state index < -0.39 is 0 Å². The lowest BCUT2D eigenvalue weighted by molar-refractivity contribution is 0.0393. The second kappa shape index (κ2) is 7.23. The molecule has 0 bridgehead atoms. The number of anilines is 1. The SMILES string of the molecule is O=C(Nc1ccccc1)N1CC(N(CCO)CCO)C1. The van der Waals surface area contributed by atoms with E-state index in [0.29, 0.717) is 26.2 Å². The number of likely N-dealkylation sites (tertiary alicyclic amines) is 1. The second-order valence-corrected chi connectivity index (χ2v) is 4.84. The summed E-state index contributed by atoms with van der Waals surface area (Å²) < 4.78 is 0. The van der Waals surface area contributed by atoms with Crippen LogP contribution in [0, 0.1) is 0 Å². The number of carbonyl (C=O) groups excluding carboxylic acids is 1. The van der Waals surface area contributed by atoms with Crippen LogP contribution in [0.5, 0.6) is 0 Å². The Morgan fingerprint density at radius 3 is 2.35 bits per heavy atom. The predicted molar refractivity (Wildman–Crippen MR) is 76.6 cm³/mol. The Morgan fingerprint density at radius 2 is 1.80 bits per heavy atom. The molecule has 1 heterocycles. The third kappa shape index (κ3) is 3.69. The first-order valence-corrected chi connectivity index (χ1v) is 6.81. The molecule has 2 rings (SSSR count). The van der Waals surface area contributed by atoms with Gasteiger partial charge < -0.3 is 20.4 Å². The fourth-order valence-electron chi connectivity index (χ4n) is 2.31. The molecule has 2 amide bonds. The Labute approximate surface area is 118 Å². The number of benzene rings is 1. The summed E-state index contributed by atoms with van der Waals surface area (Å²) in [4.78, 5) is 15.7. The van der Waals surface area contributed by atoms with E-state index in [1.54, 1.807) is 4.90 Å². The van der Waals surface area contributed by atoms with E-state index in [1.165, 1.54) is 0 Å². The van der Waals surface area contributed by atoms with Gasteiger partial charge in [0.1, 0.15) is 0 Å². The van der Waals surface area contributed by atoms with Crippen LogP contribution in [0.4, 0.5) is 10.5 Å². The van der Waals surface area contributed by atoms with Crippen molar-refractivity contribution in [1.29, 1.82) is 0 Å². The van der Waals surface area contributed by atoms with E-state index in [4.69, 9.17) is 10.2 Å². The maximum atomic E-state index is 12.0. The molecule has 0 atom stereocenters. The molecular formula is C14H21N3O3. The topological polar surface area (TPSA) is 76.0 Å². The number of carbonyl (C=O) groups is 1. The van der Waals surface area contributed by atoms with Crippen LogP contribution in [0.25, 0.3) is 0 Å². The molecule has 6 nitrogen and oxygen atoms in total. The monoisotopic (exact) mass is 279 g/mol. The van der Waals surface area contributed by atoms with Gasteiger partial charge in [0.15, 0.2) is 0 Å². The number of hydrogen-bond donors (Lipinski definition) is 3. The Hall–Kier alpha value is -1.63. The van der Waals surface area contributed by atoms with Gasteiger partial charge in [-0.3, -0.25) is 4.90 Å². The third-order valence-corrected chi connectivity index (χ3v) is 3.47. The summed E-state index contributed by atoms with van der Waals surface area (Å²) in [5.41, 5.74) is 0.781. The van der Waals surface area contributed by atoms with Crippen molar-refractivity contribution in [3.8, 4) is 0 Å². The molecule has 1 saturated heterocycles. The van der Waals surface area contributed by atoms with Crippen LogP contribution in [0.2, 0.25) is 0 Å². The van der Waals surface area contributed by atoms with Gasteiger partial charge in [-0.05, 0) is 12.1 Å². The Balaban J connectivity index is 1.78. The summed E-state index contributed by atoms with van der Waals surface area (Å²) in [6.45, 7) is 2.43. The third-order valence-electron chi connectivity index (χ3n) is 3.47. The van der Waals surface area contributed by atoms with Crippen molar-refractivity contribution in [2.45, 2.75) is 6.04 Å². The van der Waals surface area contributed by atoms with Crippen LogP contribution in [0.3, 0.4) is 0 Å². The first kappa shape index (κ1) is 14.8. The molecule has 1 fully saturated rings. The Kier molecular flexibility index (Phi) is 5.34. The smallest absolute Gasteiger partial charge is 0.321 e. The number of hydrogen-bond acceptors (Lipinski definition) is 4. The molecule has 1 aliphatic rings.